The van der Waals surface area contributed by atoms with E-state index in [1.165, 1.54) is 30.6 Å². The minimum atomic E-state index is -0.192. The number of nitrogens with zero attached hydrogens (tertiary/aromatic N) is 1. The van der Waals surface area contributed by atoms with Crippen LogP contribution in [0.4, 0.5) is 9.93 Å². The number of nitrogens with one attached hydrogen (secondary N) is 3. The molecule has 0 spiro atoms. The Morgan fingerprint density at radius 3 is 2.68 bits per heavy atom. The summed E-state index contributed by atoms with van der Waals surface area (Å²) < 4.78 is 0. The lowest BCUT2D eigenvalue weighted by Crippen LogP contribution is -2.39. The van der Waals surface area contributed by atoms with Gasteiger partial charge in [0, 0.05) is 17.8 Å². The molecule has 1 heterocycles. The number of carbonyl (C=O) groups excluding carboxylic acids is 2. The summed E-state index contributed by atoms with van der Waals surface area (Å²) in [5, 5.41) is 11.3. The molecule has 3 N–H and O–H groups in total. The normalized spacial score (nSPS) is 15.6. The first-order chi connectivity index (χ1) is 13.6. The van der Waals surface area contributed by atoms with E-state index in [0.29, 0.717) is 18.0 Å². The Labute approximate surface area is 170 Å². The van der Waals surface area contributed by atoms with E-state index >= 15 is 0 Å². The highest BCUT2D eigenvalue weighted by Gasteiger charge is 2.16. The monoisotopic (exact) mass is 400 g/mol. The molecule has 3 amide bonds. The van der Waals surface area contributed by atoms with Crippen molar-refractivity contribution in [1.82, 2.24) is 15.6 Å². The molecule has 0 aliphatic heterocycles. The van der Waals surface area contributed by atoms with Gasteiger partial charge in [-0.25, -0.2) is 9.78 Å². The second-order valence-corrected chi connectivity index (χ2v) is 8.14. The van der Waals surface area contributed by atoms with E-state index < -0.39 is 0 Å². The minimum Gasteiger partial charge on any atom is -0.350 e. The lowest BCUT2D eigenvalue weighted by atomic mass is 9.96. The molecule has 1 aliphatic carbocycles. The Hall–Kier alpha value is -2.41. The zero-order valence-corrected chi connectivity index (χ0v) is 17.1. The first kappa shape index (κ1) is 20.3. The number of thiazole rings is 1. The van der Waals surface area contributed by atoms with Gasteiger partial charge < -0.3 is 10.6 Å². The Morgan fingerprint density at radius 2 is 1.93 bits per heavy atom. The number of benzene rings is 1. The second kappa shape index (κ2) is 10.2. The molecular formula is C21H28N4O2S. The Kier molecular flexibility index (Phi) is 7.42. The lowest BCUT2D eigenvalue weighted by Gasteiger charge is -2.22. The molecule has 6 nitrogen and oxygen atoms in total. The van der Waals surface area contributed by atoms with E-state index in [0.717, 1.165) is 24.1 Å². The van der Waals surface area contributed by atoms with Crippen molar-refractivity contribution < 1.29 is 9.59 Å². The molecule has 1 aromatic heterocycles. The van der Waals surface area contributed by atoms with Crippen LogP contribution in [0.1, 0.15) is 62.7 Å². The fourth-order valence-corrected chi connectivity index (χ4v) is 4.16. The fourth-order valence-electron chi connectivity index (χ4n) is 3.43. The van der Waals surface area contributed by atoms with Crippen LogP contribution in [-0.2, 0) is 11.2 Å². The zero-order chi connectivity index (χ0) is 19.8. The van der Waals surface area contributed by atoms with Gasteiger partial charge in [-0.2, -0.15) is 0 Å². The number of amides is 3. The number of aromatic nitrogens is 1. The molecule has 1 aromatic carbocycles. The van der Waals surface area contributed by atoms with Gasteiger partial charge in [-0.05, 0) is 31.7 Å². The molecule has 1 atom stereocenters. The fraction of sp³-hybridized carbons (Fsp3) is 0.476. The number of anilines is 1. The first-order valence-corrected chi connectivity index (χ1v) is 10.8. The van der Waals surface area contributed by atoms with Gasteiger partial charge in [0.15, 0.2) is 5.13 Å². The van der Waals surface area contributed by atoms with Crippen molar-refractivity contribution in [2.45, 2.75) is 64.0 Å². The van der Waals surface area contributed by atoms with Crippen LogP contribution in [0.15, 0.2) is 35.7 Å². The van der Waals surface area contributed by atoms with Gasteiger partial charge in [0.2, 0.25) is 5.91 Å². The molecule has 0 radical (unpaired) electrons. The molecule has 1 unspecified atom stereocenters. The van der Waals surface area contributed by atoms with Crippen molar-refractivity contribution in [2.24, 2.45) is 0 Å². The van der Waals surface area contributed by atoms with Crippen LogP contribution in [0, 0.1) is 0 Å². The molecule has 0 bridgehead atoms. The third-order valence-electron chi connectivity index (χ3n) is 5.00. The van der Waals surface area contributed by atoms with Crippen LogP contribution in [0.2, 0.25) is 0 Å². The molecule has 1 saturated carbocycles. The van der Waals surface area contributed by atoms with E-state index in [4.69, 9.17) is 0 Å². The van der Waals surface area contributed by atoms with Gasteiger partial charge in [-0.15, -0.1) is 11.3 Å². The highest BCUT2D eigenvalue weighted by Crippen LogP contribution is 2.19. The summed E-state index contributed by atoms with van der Waals surface area (Å²) in [6, 6.07) is 9.94. The Balaban J connectivity index is 1.40. The van der Waals surface area contributed by atoms with Crippen molar-refractivity contribution in [3.63, 3.8) is 0 Å². The maximum atomic E-state index is 12.2. The molecule has 7 heteroatoms. The molecular weight excluding hydrogens is 372 g/mol. The largest absolute Gasteiger partial charge is 0.350 e. The smallest absolute Gasteiger partial charge is 0.321 e. The molecule has 3 rings (SSSR count). The SMILES string of the molecule is CC(NC(=O)CCc1csc(NC(=O)NC2CCCCC2)n1)c1ccccc1. The van der Waals surface area contributed by atoms with E-state index in [2.05, 4.69) is 20.9 Å². The maximum absolute atomic E-state index is 12.2. The van der Waals surface area contributed by atoms with Gasteiger partial charge in [-0.1, -0.05) is 49.6 Å². The van der Waals surface area contributed by atoms with Gasteiger partial charge in [0.25, 0.3) is 0 Å². The Bertz CT molecular complexity index is 772. The number of aryl methyl sites for hydroxylation is 1. The molecule has 28 heavy (non-hydrogen) atoms. The standard InChI is InChI=1S/C21H28N4O2S/c1-15(16-8-4-2-5-9-16)22-19(26)13-12-18-14-28-21(24-18)25-20(27)23-17-10-6-3-7-11-17/h2,4-5,8-9,14-15,17H,3,6-7,10-13H2,1H3,(H,22,26)(H2,23,24,25,27). The van der Waals surface area contributed by atoms with Crippen LogP contribution in [0.25, 0.3) is 0 Å². The maximum Gasteiger partial charge on any atom is 0.321 e. The zero-order valence-electron chi connectivity index (χ0n) is 16.2. The lowest BCUT2D eigenvalue weighted by molar-refractivity contribution is -0.121. The third kappa shape index (κ3) is 6.34. The molecule has 2 aromatic rings. The van der Waals surface area contributed by atoms with E-state index in [9.17, 15) is 9.59 Å². The summed E-state index contributed by atoms with van der Waals surface area (Å²) in [6.07, 6.45) is 6.63. The number of hydrogen-bond acceptors (Lipinski definition) is 4. The summed E-state index contributed by atoms with van der Waals surface area (Å²) >= 11 is 1.39. The van der Waals surface area contributed by atoms with Gasteiger partial charge in [-0.3, -0.25) is 10.1 Å². The quantitative estimate of drug-likeness (QED) is 0.644. The molecule has 1 aliphatic rings. The Morgan fingerprint density at radius 1 is 1.18 bits per heavy atom. The second-order valence-electron chi connectivity index (χ2n) is 7.28. The predicted molar refractivity (Wildman–Crippen MR) is 112 cm³/mol. The van der Waals surface area contributed by atoms with Gasteiger partial charge >= 0.3 is 6.03 Å². The van der Waals surface area contributed by atoms with Crippen molar-refractivity contribution in [3.8, 4) is 0 Å². The summed E-state index contributed by atoms with van der Waals surface area (Å²) in [4.78, 5) is 28.7. The summed E-state index contributed by atoms with van der Waals surface area (Å²) in [6.45, 7) is 1.98. The van der Waals surface area contributed by atoms with Crippen molar-refractivity contribution >= 4 is 28.4 Å². The molecule has 1 fully saturated rings. The average molecular weight is 401 g/mol. The van der Waals surface area contributed by atoms with Crippen LogP contribution < -0.4 is 16.0 Å². The van der Waals surface area contributed by atoms with Gasteiger partial charge in [0.05, 0.1) is 11.7 Å². The van der Waals surface area contributed by atoms with Crippen molar-refractivity contribution in [1.29, 1.82) is 0 Å². The summed E-state index contributed by atoms with van der Waals surface area (Å²) in [5.41, 5.74) is 1.90. The van der Waals surface area contributed by atoms with E-state index in [1.54, 1.807) is 0 Å². The van der Waals surface area contributed by atoms with E-state index in [1.807, 2.05) is 42.6 Å². The van der Waals surface area contributed by atoms with Crippen LogP contribution in [-0.4, -0.2) is 23.0 Å². The van der Waals surface area contributed by atoms with Crippen molar-refractivity contribution in [3.05, 3.63) is 47.0 Å². The predicted octanol–water partition coefficient (Wildman–Crippen LogP) is 4.41. The third-order valence-corrected chi connectivity index (χ3v) is 5.80. The summed E-state index contributed by atoms with van der Waals surface area (Å²) in [5.74, 6) is -0.00564. The highest BCUT2D eigenvalue weighted by atomic mass is 32.1. The number of carbonyl (C=O) groups is 2. The number of hydrogen-bond donors (Lipinski definition) is 3. The van der Waals surface area contributed by atoms with E-state index in [-0.39, 0.29) is 24.0 Å². The average Bonchev–Trinajstić information content (AvgIpc) is 3.15. The van der Waals surface area contributed by atoms with Crippen LogP contribution in [0.5, 0.6) is 0 Å². The first-order valence-electron chi connectivity index (χ1n) is 9.96. The van der Waals surface area contributed by atoms with Crippen LogP contribution in [0.3, 0.4) is 0 Å². The highest BCUT2D eigenvalue weighted by molar-refractivity contribution is 7.13. The molecule has 150 valence electrons. The van der Waals surface area contributed by atoms with Gasteiger partial charge in [0.1, 0.15) is 0 Å². The summed E-state index contributed by atoms with van der Waals surface area (Å²) in [7, 11) is 0. The number of urea groups is 1. The van der Waals surface area contributed by atoms with Crippen molar-refractivity contribution in [2.75, 3.05) is 5.32 Å². The number of rotatable bonds is 7. The molecule has 0 saturated heterocycles. The van der Waals surface area contributed by atoms with Crippen LogP contribution >= 0.6 is 11.3 Å². The topological polar surface area (TPSA) is 83.1 Å². The minimum absolute atomic E-state index is 0.00564.